The summed E-state index contributed by atoms with van der Waals surface area (Å²) < 4.78 is 7.69. The molecule has 170 valence electrons. The molecule has 8 nitrogen and oxygen atoms in total. The molecule has 0 bridgehead atoms. The lowest BCUT2D eigenvalue weighted by Gasteiger charge is -2.36. The zero-order valence-electron chi connectivity index (χ0n) is 19.2. The molecule has 0 radical (unpaired) electrons. The second kappa shape index (κ2) is 8.75. The van der Waals surface area contributed by atoms with Gasteiger partial charge in [-0.25, -0.2) is 4.68 Å². The lowest BCUT2D eigenvalue weighted by Crippen LogP contribution is -2.41. The van der Waals surface area contributed by atoms with E-state index in [0.29, 0.717) is 18.0 Å². The van der Waals surface area contributed by atoms with Crippen LogP contribution in [0.3, 0.4) is 0 Å². The molecule has 4 heterocycles. The van der Waals surface area contributed by atoms with Gasteiger partial charge in [0.15, 0.2) is 5.82 Å². The second-order valence-electron chi connectivity index (χ2n) is 9.58. The number of piperidine rings is 1. The van der Waals surface area contributed by atoms with Crippen LogP contribution < -0.4 is 5.56 Å². The fourth-order valence-corrected chi connectivity index (χ4v) is 5.17. The molecule has 2 fully saturated rings. The van der Waals surface area contributed by atoms with Gasteiger partial charge in [-0.1, -0.05) is 6.92 Å². The highest BCUT2D eigenvalue weighted by Gasteiger charge is 2.33. The normalized spacial score (nSPS) is 23.1. The van der Waals surface area contributed by atoms with Gasteiger partial charge in [0.2, 0.25) is 0 Å². The first-order chi connectivity index (χ1) is 15.5. The number of nitrogens with zero attached hydrogens (tertiary/aromatic N) is 5. The molecule has 1 aromatic carbocycles. The number of likely N-dealkylation sites (tertiary alicyclic amines) is 1. The van der Waals surface area contributed by atoms with E-state index in [1.807, 2.05) is 10.7 Å². The maximum absolute atomic E-state index is 13.4. The summed E-state index contributed by atoms with van der Waals surface area (Å²) in [7, 11) is 0. The average molecular weight is 437 g/mol. The maximum atomic E-state index is 13.4. The third-order valence-corrected chi connectivity index (χ3v) is 7.04. The highest BCUT2D eigenvalue weighted by molar-refractivity contribution is 5.81. The quantitative estimate of drug-likeness (QED) is 0.661. The van der Waals surface area contributed by atoms with Crippen molar-refractivity contribution in [1.82, 2.24) is 30.1 Å². The van der Waals surface area contributed by atoms with Crippen LogP contribution in [0.15, 0.2) is 23.0 Å². The van der Waals surface area contributed by atoms with Crippen molar-refractivity contribution in [2.24, 2.45) is 5.92 Å². The minimum absolute atomic E-state index is 0.0735. The number of nitrogens with one attached hydrogen (secondary N) is 1. The van der Waals surface area contributed by atoms with Crippen LogP contribution in [0.1, 0.15) is 61.2 Å². The van der Waals surface area contributed by atoms with E-state index in [9.17, 15) is 4.79 Å². The van der Waals surface area contributed by atoms with Gasteiger partial charge in [0, 0.05) is 24.2 Å². The molecule has 2 aromatic heterocycles. The van der Waals surface area contributed by atoms with Crippen LogP contribution in [-0.2, 0) is 11.3 Å². The van der Waals surface area contributed by atoms with E-state index in [2.05, 4.69) is 58.3 Å². The van der Waals surface area contributed by atoms with Crippen LogP contribution >= 0.6 is 0 Å². The molecule has 1 N–H and O–H groups in total. The number of aromatic nitrogens is 5. The summed E-state index contributed by atoms with van der Waals surface area (Å²) in [5.41, 5.74) is 3.88. The van der Waals surface area contributed by atoms with Crippen molar-refractivity contribution in [2.45, 2.75) is 65.1 Å². The van der Waals surface area contributed by atoms with Crippen molar-refractivity contribution in [1.29, 1.82) is 0 Å². The molecular weight excluding hydrogens is 404 g/mol. The lowest BCUT2D eigenvalue weighted by atomic mass is 9.95. The molecule has 0 aliphatic carbocycles. The van der Waals surface area contributed by atoms with Crippen molar-refractivity contribution in [3.8, 4) is 0 Å². The third-order valence-electron chi connectivity index (χ3n) is 7.04. The Kier molecular flexibility index (Phi) is 5.82. The standard InChI is InChI=1S/C24H32N6O2/c1-15-6-4-8-29(13-15)22(23-26-27-28-30(23)14-19-7-5-9-32-19)20-12-18-10-16(2)17(3)11-21(18)25-24(20)31/h10-12,15,19,22H,4-9,13-14H2,1-3H3,(H,25,31)/t15-,19+,22-/m1/s1. The zero-order valence-corrected chi connectivity index (χ0v) is 19.2. The number of hydrogen-bond acceptors (Lipinski definition) is 6. The van der Waals surface area contributed by atoms with Gasteiger partial charge in [0.05, 0.1) is 12.6 Å². The number of tetrazole rings is 1. The number of fused-ring (bicyclic) bond motifs is 1. The molecule has 0 unspecified atom stereocenters. The Morgan fingerprint density at radius 2 is 2.03 bits per heavy atom. The summed E-state index contributed by atoms with van der Waals surface area (Å²) in [4.78, 5) is 18.9. The van der Waals surface area contributed by atoms with Crippen molar-refractivity contribution < 1.29 is 4.74 Å². The van der Waals surface area contributed by atoms with Crippen molar-refractivity contribution >= 4 is 10.9 Å². The summed E-state index contributed by atoms with van der Waals surface area (Å²) in [6, 6.07) is 5.95. The van der Waals surface area contributed by atoms with Crippen LogP contribution in [0.5, 0.6) is 0 Å². The van der Waals surface area contributed by atoms with E-state index < -0.39 is 0 Å². The smallest absolute Gasteiger partial charge is 0.253 e. The number of benzene rings is 1. The Labute approximate surface area is 188 Å². The van der Waals surface area contributed by atoms with E-state index in [0.717, 1.165) is 55.7 Å². The average Bonchev–Trinajstić information content (AvgIpc) is 3.43. The monoisotopic (exact) mass is 436 g/mol. The van der Waals surface area contributed by atoms with Crippen LogP contribution in [0.4, 0.5) is 0 Å². The van der Waals surface area contributed by atoms with Gasteiger partial charge < -0.3 is 9.72 Å². The third kappa shape index (κ3) is 4.09. The molecular formula is C24H32N6O2. The van der Waals surface area contributed by atoms with Gasteiger partial charge in [-0.05, 0) is 97.1 Å². The summed E-state index contributed by atoms with van der Waals surface area (Å²) in [5, 5.41) is 13.8. The minimum Gasteiger partial charge on any atom is -0.376 e. The number of ether oxygens (including phenoxy) is 1. The molecule has 2 aliphatic heterocycles. The molecule has 3 atom stereocenters. The Morgan fingerprint density at radius 3 is 2.81 bits per heavy atom. The van der Waals surface area contributed by atoms with E-state index in [1.54, 1.807) is 0 Å². The van der Waals surface area contributed by atoms with E-state index in [4.69, 9.17) is 4.74 Å². The number of hydrogen-bond donors (Lipinski definition) is 1. The van der Waals surface area contributed by atoms with Gasteiger partial charge in [-0.2, -0.15) is 0 Å². The first-order valence-electron chi connectivity index (χ1n) is 11.8. The predicted octanol–water partition coefficient (Wildman–Crippen LogP) is 3.13. The molecule has 0 spiro atoms. The van der Waals surface area contributed by atoms with Gasteiger partial charge in [-0.3, -0.25) is 9.69 Å². The summed E-state index contributed by atoms with van der Waals surface area (Å²) in [6.07, 6.45) is 4.52. The minimum atomic E-state index is -0.288. The number of rotatable bonds is 5. The highest BCUT2D eigenvalue weighted by Crippen LogP contribution is 2.31. The summed E-state index contributed by atoms with van der Waals surface area (Å²) in [5.74, 6) is 1.29. The van der Waals surface area contributed by atoms with Gasteiger partial charge in [-0.15, -0.1) is 5.10 Å². The van der Waals surface area contributed by atoms with Gasteiger partial charge in [0.1, 0.15) is 6.04 Å². The van der Waals surface area contributed by atoms with E-state index >= 15 is 0 Å². The van der Waals surface area contributed by atoms with Crippen molar-refractivity contribution in [3.63, 3.8) is 0 Å². The van der Waals surface area contributed by atoms with Crippen LogP contribution in [-0.4, -0.2) is 55.9 Å². The highest BCUT2D eigenvalue weighted by atomic mass is 16.5. The largest absolute Gasteiger partial charge is 0.376 e. The molecule has 0 saturated carbocycles. The first kappa shape index (κ1) is 21.3. The molecule has 0 amide bonds. The van der Waals surface area contributed by atoms with E-state index in [-0.39, 0.29) is 17.7 Å². The Balaban J connectivity index is 1.61. The number of aromatic amines is 1. The van der Waals surface area contributed by atoms with Gasteiger partial charge >= 0.3 is 0 Å². The Hall–Kier alpha value is -2.58. The molecule has 2 saturated heterocycles. The predicted molar refractivity (Wildman–Crippen MR) is 123 cm³/mol. The molecule has 5 rings (SSSR count). The second-order valence-corrected chi connectivity index (χ2v) is 9.58. The first-order valence-corrected chi connectivity index (χ1v) is 11.8. The number of aryl methyl sites for hydroxylation is 2. The van der Waals surface area contributed by atoms with Gasteiger partial charge in [0.25, 0.3) is 5.56 Å². The number of pyridine rings is 1. The Bertz CT molecular complexity index is 1160. The fourth-order valence-electron chi connectivity index (χ4n) is 5.17. The van der Waals surface area contributed by atoms with Crippen LogP contribution in [0.2, 0.25) is 0 Å². The molecule has 32 heavy (non-hydrogen) atoms. The topological polar surface area (TPSA) is 88.9 Å². The molecule has 8 heteroatoms. The molecule has 2 aliphatic rings. The maximum Gasteiger partial charge on any atom is 0.253 e. The zero-order chi connectivity index (χ0) is 22.2. The van der Waals surface area contributed by atoms with Crippen molar-refractivity contribution in [3.05, 3.63) is 51.1 Å². The SMILES string of the molecule is Cc1cc2cc([C@H](c3nnnn3C[C@@H]3CCCO3)N3CCC[C@@H](C)C3)c(=O)[nH]c2cc1C. The number of H-pyrrole nitrogens is 1. The van der Waals surface area contributed by atoms with Crippen LogP contribution in [0.25, 0.3) is 10.9 Å². The lowest BCUT2D eigenvalue weighted by molar-refractivity contribution is 0.0889. The summed E-state index contributed by atoms with van der Waals surface area (Å²) in [6.45, 7) is 9.69. The van der Waals surface area contributed by atoms with Crippen LogP contribution in [0, 0.1) is 19.8 Å². The van der Waals surface area contributed by atoms with Crippen molar-refractivity contribution in [2.75, 3.05) is 19.7 Å². The fraction of sp³-hybridized carbons (Fsp3) is 0.583. The summed E-state index contributed by atoms with van der Waals surface area (Å²) >= 11 is 0. The molecule has 3 aromatic rings. The Morgan fingerprint density at radius 1 is 1.19 bits per heavy atom. The van der Waals surface area contributed by atoms with E-state index in [1.165, 1.54) is 17.5 Å².